The van der Waals surface area contributed by atoms with Gasteiger partial charge < -0.3 is 31.2 Å². The van der Waals surface area contributed by atoms with Crippen LogP contribution in [0.5, 0.6) is 23.0 Å². The van der Waals surface area contributed by atoms with Crippen LogP contribution < -0.4 is 20.9 Å². The fourth-order valence-corrected chi connectivity index (χ4v) is 12.3. The zero-order chi connectivity index (χ0) is 33.8. The van der Waals surface area contributed by atoms with Gasteiger partial charge in [-0.2, -0.15) is 0 Å². The minimum Gasteiger partial charge on any atom is -0.457 e. The van der Waals surface area contributed by atoms with Gasteiger partial charge in [0.25, 0.3) is 0 Å². The van der Waals surface area contributed by atoms with Gasteiger partial charge in [0, 0.05) is 12.1 Å². The van der Waals surface area contributed by atoms with E-state index in [2.05, 4.69) is 72.8 Å². The van der Waals surface area contributed by atoms with Gasteiger partial charge in [-0.1, -0.05) is 48.5 Å². The molecule has 0 radical (unpaired) electrons. The second-order valence-electron chi connectivity index (χ2n) is 17.0. The summed E-state index contributed by atoms with van der Waals surface area (Å²) in [6.07, 6.45) is 8.18. The summed E-state index contributed by atoms with van der Waals surface area (Å²) in [5, 5.41) is 22.2. The van der Waals surface area contributed by atoms with Gasteiger partial charge in [-0.15, -0.1) is 0 Å². The molecule has 8 fully saturated rings. The molecule has 8 bridgehead atoms. The van der Waals surface area contributed by atoms with Gasteiger partial charge in [0.15, 0.2) is 0 Å². The predicted octanol–water partition coefficient (Wildman–Crippen LogP) is 8.12. The van der Waals surface area contributed by atoms with Gasteiger partial charge in [0.05, 0.1) is 11.2 Å². The lowest BCUT2D eigenvalue weighted by Gasteiger charge is -2.61. The lowest BCUT2D eigenvalue weighted by atomic mass is 9.47. The molecule has 4 aromatic carbocycles. The topological polar surface area (TPSA) is 111 Å². The predicted molar refractivity (Wildman–Crippen MR) is 194 cm³/mol. The molecule has 0 saturated heterocycles. The molecule has 0 aliphatic heterocycles. The Kier molecular flexibility index (Phi) is 7.10. The molecule has 6 heteroatoms. The molecule has 8 aliphatic carbocycles. The maximum atomic E-state index is 11.1. The molecule has 0 heterocycles. The molecular formula is C44H48N2O4. The summed E-state index contributed by atoms with van der Waals surface area (Å²) in [4.78, 5) is 0. The third-order valence-corrected chi connectivity index (χ3v) is 14.1. The number of rotatable bonds is 7. The van der Waals surface area contributed by atoms with Crippen molar-refractivity contribution >= 4 is 0 Å². The van der Waals surface area contributed by atoms with E-state index < -0.39 is 11.2 Å². The van der Waals surface area contributed by atoms with E-state index >= 15 is 0 Å². The molecular weight excluding hydrogens is 620 g/mol. The summed E-state index contributed by atoms with van der Waals surface area (Å²) in [5.74, 6) is 7.16. The first-order chi connectivity index (χ1) is 24.2. The molecule has 8 aliphatic rings. The minimum atomic E-state index is -0.651. The van der Waals surface area contributed by atoms with E-state index in [0.717, 1.165) is 72.6 Å². The quantitative estimate of drug-likeness (QED) is 0.158. The summed E-state index contributed by atoms with van der Waals surface area (Å²) in [5.41, 5.74) is 16.8. The lowest BCUT2D eigenvalue weighted by molar-refractivity contribution is -0.150. The molecule has 0 aromatic heterocycles. The molecule has 12 atom stereocenters. The molecule has 12 rings (SSSR count). The van der Waals surface area contributed by atoms with Gasteiger partial charge in [-0.05, 0) is 169 Å². The number of ether oxygens (including phenoxy) is 2. The lowest BCUT2D eigenvalue weighted by Crippen LogP contribution is -2.66. The Morgan fingerprint density at radius 3 is 1.16 bits per heavy atom. The Hall–Kier alpha value is -3.68. The zero-order valence-corrected chi connectivity index (χ0v) is 28.5. The largest absolute Gasteiger partial charge is 0.457 e. The first-order valence-corrected chi connectivity index (χ1v) is 18.9. The van der Waals surface area contributed by atoms with E-state index in [4.69, 9.17) is 20.9 Å². The summed E-state index contributed by atoms with van der Waals surface area (Å²) in [6, 6.07) is 33.3. The van der Waals surface area contributed by atoms with E-state index in [1.165, 1.54) is 24.0 Å². The van der Waals surface area contributed by atoms with Crippen LogP contribution in [0.25, 0.3) is 11.1 Å². The molecule has 258 valence electrons. The van der Waals surface area contributed by atoms with Crippen molar-refractivity contribution in [2.24, 2.45) is 47.0 Å². The molecule has 6 nitrogen and oxygen atoms in total. The van der Waals surface area contributed by atoms with E-state index in [1.54, 1.807) is 0 Å². The van der Waals surface area contributed by atoms with E-state index in [9.17, 15) is 10.2 Å². The van der Waals surface area contributed by atoms with E-state index in [0.29, 0.717) is 47.3 Å². The van der Waals surface area contributed by atoms with Crippen molar-refractivity contribution in [3.05, 3.63) is 108 Å². The van der Waals surface area contributed by atoms with Crippen LogP contribution in [0.1, 0.15) is 74.3 Å². The molecule has 0 amide bonds. The number of hydrogen-bond acceptors (Lipinski definition) is 6. The zero-order valence-electron chi connectivity index (χ0n) is 28.5. The molecule has 6 N–H and O–H groups in total. The van der Waals surface area contributed by atoms with Gasteiger partial charge in [0.1, 0.15) is 23.0 Å². The normalized spacial score (nSPS) is 39.1. The van der Waals surface area contributed by atoms with Gasteiger partial charge in [0.2, 0.25) is 0 Å². The van der Waals surface area contributed by atoms with Crippen LogP contribution in [0.2, 0.25) is 0 Å². The Bertz CT molecular complexity index is 1740. The number of hydrogen-bond donors (Lipinski definition) is 4. The average molecular weight is 669 g/mol. The van der Waals surface area contributed by atoms with E-state index in [-0.39, 0.29) is 12.1 Å². The first kappa shape index (κ1) is 31.1. The summed E-state index contributed by atoms with van der Waals surface area (Å²) < 4.78 is 12.5. The second kappa shape index (κ2) is 11.4. The fraction of sp³-hybridized carbons (Fsp3) is 0.455. The fourth-order valence-electron chi connectivity index (χ4n) is 12.3. The Morgan fingerprint density at radius 2 is 0.800 bits per heavy atom. The highest BCUT2D eigenvalue weighted by atomic mass is 16.5. The third kappa shape index (κ3) is 5.05. The second-order valence-corrected chi connectivity index (χ2v) is 17.0. The van der Waals surface area contributed by atoms with Crippen LogP contribution in [0.4, 0.5) is 0 Å². The van der Waals surface area contributed by atoms with Crippen molar-refractivity contribution in [3.63, 3.8) is 0 Å². The minimum absolute atomic E-state index is 0.120. The Morgan fingerprint density at radius 1 is 0.460 bits per heavy atom. The van der Waals surface area contributed by atoms with Crippen molar-refractivity contribution in [2.75, 3.05) is 0 Å². The average Bonchev–Trinajstić information content (AvgIpc) is 3.11. The highest BCUT2D eigenvalue weighted by Gasteiger charge is 2.60. The van der Waals surface area contributed by atoms with Crippen molar-refractivity contribution in [2.45, 2.75) is 86.5 Å². The van der Waals surface area contributed by atoms with Crippen LogP contribution >= 0.6 is 0 Å². The highest BCUT2D eigenvalue weighted by molar-refractivity contribution is 5.65. The van der Waals surface area contributed by atoms with Crippen LogP contribution in [0, 0.1) is 35.5 Å². The third-order valence-electron chi connectivity index (χ3n) is 14.1. The van der Waals surface area contributed by atoms with Crippen molar-refractivity contribution in [3.8, 4) is 34.1 Å². The molecule has 12 unspecified atom stereocenters. The molecule has 50 heavy (non-hydrogen) atoms. The smallest absolute Gasteiger partial charge is 0.127 e. The summed E-state index contributed by atoms with van der Waals surface area (Å²) in [6.45, 7) is 0. The standard InChI is InChI=1S/C44H48N2O4/c45-41-37-19-25-17-31(23-43(41,47)21-25)39(37)29-5-13-35(14-6-29)49-33-9-1-27(2-10-33)28-3-11-34(12-4-28)50-36-15-7-30(8-16-36)40-32-18-26-20-38(40)42(46)44(48,22-26)24-32/h1-16,25-26,31-32,37-42,47-48H,17-24,45-46H2. The molecule has 0 spiro atoms. The maximum absolute atomic E-state index is 11.1. The van der Waals surface area contributed by atoms with Crippen molar-refractivity contribution in [1.29, 1.82) is 0 Å². The van der Waals surface area contributed by atoms with Crippen LogP contribution in [-0.2, 0) is 0 Å². The monoisotopic (exact) mass is 668 g/mol. The first-order valence-electron chi connectivity index (χ1n) is 18.9. The summed E-state index contributed by atoms with van der Waals surface area (Å²) in [7, 11) is 0. The van der Waals surface area contributed by atoms with Crippen LogP contribution in [0.3, 0.4) is 0 Å². The molecule has 8 saturated carbocycles. The summed E-state index contributed by atoms with van der Waals surface area (Å²) >= 11 is 0. The SMILES string of the molecule is NC1C2CC3CC(CC1(O)C3)C2c1ccc(Oc2ccc(-c3ccc(Oc4ccc(C5C6CC7CC5C(N)C(O)(C7)C6)cc4)cc3)cc2)cc1. The number of benzene rings is 4. The van der Waals surface area contributed by atoms with Crippen molar-refractivity contribution in [1.82, 2.24) is 0 Å². The number of nitrogens with two attached hydrogens (primary N) is 2. The van der Waals surface area contributed by atoms with Gasteiger partial charge in [-0.3, -0.25) is 0 Å². The van der Waals surface area contributed by atoms with E-state index in [1.807, 2.05) is 24.3 Å². The van der Waals surface area contributed by atoms with Gasteiger partial charge >= 0.3 is 0 Å². The van der Waals surface area contributed by atoms with Gasteiger partial charge in [-0.25, -0.2) is 0 Å². The molecule has 4 aromatic rings. The van der Waals surface area contributed by atoms with Crippen LogP contribution in [0.15, 0.2) is 97.1 Å². The number of aliphatic hydroxyl groups is 2. The maximum Gasteiger partial charge on any atom is 0.127 e. The Balaban J connectivity index is 0.764. The highest BCUT2D eigenvalue weighted by Crippen LogP contribution is 2.62. The Labute approximate surface area is 294 Å². The van der Waals surface area contributed by atoms with Crippen LogP contribution in [-0.4, -0.2) is 33.5 Å². The van der Waals surface area contributed by atoms with Crippen molar-refractivity contribution < 1.29 is 19.7 Å².